The molecule has 0 atom stereocenters. The quantitative estimate of drug-likeness (QED) is 0.857. The van der Waals surface area contributed by atoms with Crippen molar-refractivity contribution in [2.45, 2.75) is 20.3 Å². The van der Waals surface area contributed by atoms with Crippen molar-refractivity contribution in [1.82, 2.24) is 9.97 Å². The summed E-state index contributed by atoms with van der Waals surface area (Å²) in [5.74, 6) is -0.559. The van der Waals surface area contributed by atoms with Crippen molar-refractivity contribution in [2.24, 2.45) is 0 Å². The normalized spacial score (nSPS) is 10.3. The van der Waals surface area contributed by atoms with Crippen LogP contribution >= 0.6 is 22.7 Å². The number of thiazole rings is 2. The lowest BCUT2D eigenvalue weighted by Crippen LogP contribution is -2.12. The number of carbonyl (C=O) groups is 2. The molecule has 0 bridgehead atoms. The molecule has 6 nitrogen and oxygen atoms in total. The van der Waals surface area contributed by atoms with Crippen molar-refractivity contribution in [3.05, 3.63) is 27.2 Å². The van der Waals surface area contributed by atoms with Crippen molar-refractivity contribution in [1.29, 1.82) is 0 Å². The molecule has 0 saturated carbocycles. The lowest BCUT2D eigenvalue weighted by Gasteiger charge is -2.00. The van der Waals surface area contributed by atoms with E-state index >= 15 is 0 Å². The molecule has 0 aliphatic heterocycles. The number of carbonyl (C=O) groups excluding carboxylic acids is 2. The smallest absolute Gasteiger partial charge is 0.311 e. The highest BCUT2D eigenvalue weighted by Crippen LogP contribution is 2.19. The zero-order valence-electron chi connectivity index (χ0n) is 11.0. The Morgan fingerprint density at radius 3 is 2.85 bits per heavy atom. The Balaban J connectivity index is 1.98. The molecule has 1 amide bonds. The summed E-state index contributed by atoms with van der Waals surface area (Å²) in [5, 5.41) is 4.89. The van der Waals surface area contributed by atoms with E-state index in [9.17, 15) is 9.59 Å². The molecule has 20 heavy (non-hydrogen) atoms. The lowest BCUT2D eigenvalue weighted by atomic mass is 10.3. The van der Waals surface area contributed by atoms with Crippen LogP contribution in [0.2, 0.25) is 0 Å². The van der Waals surface area contributed by atoms with E-state index in [0.717, 1.165) is 0 Å². The number of aryl methyl sites for hydroxylation is 1. The van der Waals surface area contributed by atoms with Crippen molar-refractivity contribution in [3.8, 4) is 0 Å². The SMILES string of the molecule is CCOC(=O)Cc1csc(NC(=O)c2scnc2C)n1. The summed E-state index contributed by atoms with van der Waals surface area (Å²) in [5.41, 5.74) is 2.90. The predicted octanol–water partition coefficient (Wildman–Crippen LogP) is 2.27. The minimum Gasteiger partial charge on any atom is -0.466 e. The number of rotatable bonds is 5. The topological polar surface area (TPSA) is 81.2 Å². The van der Waals surface area contributed by atoms with Crippen molar-refractivity contribution >= 4 is 39.7 Å². The minimum atomic E-state index is -0.325. The Hall–Kier alpha value is -1.80. The van der Waals surface area contributed by atoms with Crippen LogP contribution in [0.4, 0.5) is 5.13 Å². The van der Waals surface area contributed by atoms with E-state index < -0.39 is 0 Å². The van der Waals surface area contributed by atoms with Crippen LogP contribution in [-0.4, -0.2) is 28.5 Å². The van der Waals surface area contributed by atoms with E-state index in [1.54, 1.807) is 24.7 Å². The van der Waals surface area contributed by atoms with Crippen LogP contribution in [-0.2, 0) is 16.0 Å². The van der Waals surface area contributed by atoms with E-state index in [2.05, 4.69) is 15.3 Å². The molecule has 0 aromatic carbocycles. The molecule has 0 radical (unpaired) electrons. The fourth-order valence-corrected chi connectivity index (χ4v) is 2.88. The van der Waals surface area contributed by atoms with Gasteiger partial charge in [-0.15, -0.1) is 22.7 Å². The summed E-state index contributed by atoms with van der Waals surface area (Å²) >= 11 is 2.55. The molecule has 8 heteroatoms. The molecule has 0 spiro atoms. The van der Waals surface area contributed by atoms with Gasteiger partial charge in [0.2, 0.25) is 0 Å². The number of aromatic nitrogens is 2. The monoisotopic (exact) mass is 311 g/mol. The van der Waals surface area contributed by atoms with E-state index in [0.29, 0.717) is 28.0 Å². The second-order valence-electron chi connectivity index (χ2n) is 3.85. The molecule has 0 saturated heterocycles. The second-order valence-corrected chi connectivity index (χ2v) is 5.56. The average molecular weight is 311 g/mol. The first-order valence-corrected chi connectivity index (χ1v) is 7.67. The molecule has 2 heterocycles. The summed E-state index contributed by atoms with van der Waals surface area (Å²) in [6, 6.07) is 0. The molecule has 2 aromatic heterocycles. The maximum absolute atomic E-state index is 12.0. The number of esters is 1. The number of hydrogen-bond acceptors (Lipinski definition) is 7. The van der Waals surface area contributed by atoms with Crippen LogP contribution in [0.1, 0.15) is 28.0 Å². The van der Waals surface area contributed by atoms with Gasteiger partial charge in [-0.25, -0.2) is 9.97 Å². The number of anilines is 1. The van der Waals surface area contributed by atoms with Gasteiger partial charge in [-0.3, -0.25) is 14.9 Å². The van der Waals surface area contributed by atoms with Gasteiger partial charge in [0.15, 0.2) is 5.13 Å². The van der Waals surface area contributed by atoms with Crippen LogP contribution in [0, 0.1) is 6.92 Å². The molecular weight excluding hydrogens is 298 g/mol. The second kappa shape index (κ2) is 6.58. The number of nitrogens with one attached hydrogen (secondary N) is 1. The van der Waals surface area contributed by atoms with Gasteiger partial charge < -0.3 is 4.74 Å². The Kier molecular flexibility index (Phi) is 4.80. The lowest BCUT2D eigenvalue weighted by molar-refractivity contribution is -0.142. The molecule has 2 aromatic rings. The molecule has 0 aliphatic rings. The first-order valence-electron chi connectivity index (χ1n) is 5.91. The van der Waals surface area contributed by atoms with Crippen LogP contribution in [0.15, 0.2) is 10.9 Å². The van der Waals surface area contributed by atoms with E-state index in [1.165, 1.54) is 22.7 Å². The molecule has 0 unspecified atom stereocenters. The Morgan fingerprint density at radius 2 is 2.20 bits per heavy atom. The maximum atomic E-state index is 12.0. The maximum Gasteiger partial charge on any atom is 0.311 e. The van der Waals surface area contributed by atoms with Gasteiger partial charge in [0.05, 0.1) is 29.9 Å². The van der Waals surface area contributed by atoms with Gasteiger partial charge in [-0.1, -0.05) is 0 Å². The Labute approximate surface area is 123 Å². The predicted molar refractivity (Wildman–Crippen MR) is 77.3 cm³/mol. The third-order valence-corrected chi connectivity index (χ3v) is 4.09. The Bertz CT molecular complexity index is 621. The van der Waals surface area contributed by atoms with E-state index in [-0.39, 0.29) is 18.3 Å². The van der Waals surface area contributed by atoms with Crippen LogP contribution in [0.3, 0.4) is 0 Å². The molecule has 0 aliphatic carbocycles. The highest BCUT2D eigenvalue weighted by atomic mass is 32.1. The van der Waals surface area contributed by atoms with Crippen LogP contribution in [0.25, 0.3) is 0 Å². The van der Waals surface area contributed by atoms with Gasteiger partial charge in [-0.05, 0) is 13.8 Å². The average Bonchev–Trinajstić information content (AvgIpc) is 2.99. The summed E-state index contributed by atoms with van der Waals surface area (Å²) in [7, 11) is 0. The molecule has 106 valence electrons. The van der Waals surface area contributed by atoms with E-state index in [1.807, 2.05) is 0 Å². The van der Waals surface area contributed by atoms with Crippen LogP contribution < -0.4 is 5.32 Å². The summed E-state index contributed by atoms with van der Waals surface area (Å²) in [6.45, 7) is 3.87. The van der Waals surface area contributed by atoms with Gasteiger partial charge in [0.25, 0.3) is 5.91 Å². The van der Waals surface area contributed by atoms with Crippen molar-refractivity contribution < 1.29 is 14.3 Å². The summed E-state index contributed by atoms with van der Waals surface area (Å²) < 4.78 is 4.84. The number of nitrogens with zero attached hydrogens (tertiary/aromatic N) is 2. The summed E-state index contributed by atoms with van der Waals surface area (Å²) in [6.07, 6.45) is 0.111. The fraction of sp³-hybridized carbons (Fsp3) is 0.333. The third-order valence-electron chi connectivity index (χ3n) is 2.35. The molecule has 2 rings (SSSR count). The number of hydrogen-bond donors (Lipinski definition) is 1. The highest BCUT2D eigenvalue weighted by Gasteiger charge is 2.14. The van der Waals surface area contributed by atoms with E-state index in [4.69, 9.17) is 4.74 Å². The largest absolute Gasteiger partial charge is 0.466 e. The minimum absolute atomic E-state index is 0.111. The molecular formula is C12H13N3O3S2. The Morgan fingerprint density at radius 1 is 1.40 bits per heavy atom. The number of amides is 1. The zero-order valence-corrected chi connectivity index (χ0v) is 12.6. The van der Waals surface area contributed by atoms with Gasteiger partial charge >= 0.3 is 5.97 Å². The standard InChI is InChI=1S/C12H13N3O3S2/c1-3-18-9(16)4-8-5-19-12(14-8)15-11(17)10-7(2)13-6-20-10/h5-6H,3-4H2,1-2H3,(H,14,15,17). The molecule has 0 fully saturated rings. The highest BCUT2D eigenvalue weighted by molar-refractivity contribution is 7.14. The van der Waals surface area contributed by atoms with Gasteiger partial charge in [0.1, 0.15) is 4.88 Å². The summed E-state index contributed by atoms with van der Waals surface area (Å²) in [4.78, 5) is 32.1. The zero-order chi connectivity index (χ0) is 14.5. The first-order chi connectivity index (χ1) is 9.60. The fourth-order valence-electron chi connectivity index (χ4n) is 1.48. The molecule has 1 N–H and O–H groups in total. The van der Waals surface area contributed by atoms with Crippen molar-refractivity contribution in [2.75, 3.05) is 11.9 Å². The van der Waals surface area contributed by atoms with Crippen molar-refractivity contribution in [3.63, 3.8) is 0 Å². The third kappa shape index (κ3) is 3.61. The van der Waals surface area contributed by atoms with Crippen LogP contribution in [0.5, 0.6) is 0 Å². The van der Waals surface area contributed by atoms with Gasteiger partial charge in [0, 0.05) is 5.38 Å². The van der Waals surface area contributed by atoms with Gasteiger partial charge in [-0.2, -0.15) is 0 Å². The number of ether oxygens (including phenoxy) is 1. The first kappa shape index (κ1) is 14.6.